The number of ether oxygens (including phenoxy) is 1. The molecule has 1 aromatic rings. The summed E-state index contributed by atoms with van der Waals surface area (Å²) in [4.78, 5) is 11.4. The summed E-state index contributed by atoms with van der Waals surface area (Å²) < 4.78 is 5.12. The van der Waals surface area contributed by atoms with Gasteiger partial charge in [-0.2, -0.15) is 0 Å². The number of carbonyl (C=O) groups excluding carboxylic acids is 1. The summed E-state index contributed by atoms with van der Waals surface area (Å²) in [5, 5.41) is 5.90. The lowest BCUT2D eigenvalue weighted by molar-refractivity contribution is -0.122. The molecule has 4 nitrogen and oxygen atoms in total. The van der Waals surface area contributed by atoms with E-state index in [9.17, 15) is 4.79 Å². The van der Waals surface area contributed by atoms with Crippen molar-refractivity contribution < 1.29 is 9.53 Å². The van der Waals surface area contributed by atoms with Crippen LogP contribution in [0.25, 0.3) is 0 Å². The predicted molar refractivity (Wildman–Crippen MR) is 72.8 cm³/mol. The Hall–Kier alpha value is -1.55. The van der Waals surface area contributed by atoms with Gasteiger partial charge in [-0.15, -0.1) is 0 Å². The minimum Gasteiger partial charge on any atom is -0.497 e. The van der Waals surface area contributed by atoms with Crippen LogP contribution < -0.4 is 15.4 Å². The molecule has 0 saturated heterocycles. The van der Waals surface area contributed by atoms with Crippen LogP contribution >= 0.6 is 0 Å². The van der Waals surface area contributed by atoms with Gasteiger partial charge < -0.3 is 15.4 Å². The van der Waals surface area contributed by atoms with Crippen molar-refractivity contribution >= 4 is 5.91 Å². The van der Waals surface area contributed by atoms with Gasteiger partial charge in [-0.1, -0.05) is 12.1 Å². The molecule has 2 unspecified atom stereocenters. The fourth-order valence-corrected chi connectivity index (χ4v) is 1.89. The molecule has 1 aromatic carbocycles. The van der Waals surface area contributed by atoms with Crippen LogP contribution in [0.2, 0.25) is 0 Å². The van der Waals surface area contributed by atoms with Gasteiger partial charge in [-0.25, -0.2) is 0 Å². The fourth-order valence-electron chi connectivity index (χ4n) is 1.89. The van der Waals surface area contributed by atoms with E-state index in [1.807, 2.05) is 31.2 Å². The van der Waals surface area contributed by atoms with Crippen molar-refractivity contribution in [2.75, 3.05) is 14.2 Å². The van der Waals surface area contributed by atoms with Crippen molar-refractivity contribution in [2.24, 2.45) is 0 Å². The highest BCUT2D eigenvalue weighted by Gasteiger charge is 2.13. The summed E-state index contributed by atoms with van der Waals surface area (Å²) in [7, 11) is 3.30. The zero-order chi connectivity index (χ0) is 13.5. The standard InChI is InChI=1S/C14H22N2O2/c1-10(16-11(2)14(17)15-3)9-12-5-7-13(18-4)8-6-12/h5-8,10-11,16H,9H2,1-4H3,(H,15,17). The summed E-state index contributed by atoms with van der Waals surface area (Å²) in [5.41, 5.74) is 1.22. The Kier molecular flexibility index (Phi) is 5.65. The summed E-state index contributed by atoms with van der Waals surface area (Å²) >= 11 is 0. The van der Waals surface area contributed by atoms with Gasteiger partial charge in [0.15, 0.2) is 0 Å². The number of rotatable bonds is 6. The zero-order valence-corrected chi connectivity index (χ0v) is 11.5. The fraction of sp³-hybridized carbons (Fsp3) is 0.500. The van der Waals surface area contributed by atoms with E-state index in [2.05, 4.69) is 17.6 Å². The molecule has 0 saturated carbocycles. The molecule has 4 heteroatoms. The summed E-state index contributed by atoms with van der Waals surface area (Å²) in [5.74, 6) is 0.870. The van der Waals surface area contributed by atoms with Crippen LogP contribution in [0.1, 0.15) is 19.4 Å². The Morgan fingerprint density at radius 1 is 1.28 bits per heavy atom. The number of hydrogen-bond donors (Lipinski definition) is 2. The van der Waals surface area contributed by atoms with Gasteiger partial charge in [-0.05, 0) is 38.0 Å². The number of amides is 1. The molecule has 2 atom stereocenters. The molecular weight excluding hydrogens is 228 g/mol. The van der Waals surface area contributed by atoms with E-state index < -0.39 is 0 Å². The average Bonchev–Trinajstić information content (AvgIpc) is 2.38. The van der Waals surface area contributed by atoms with E-state index in [1.165, 1.54) is 5.56 Å². The predicted octanol–water partition coefficient (Wildman–Crippen LogP) is 1.35. The first-order valence-corrected chi connectivity index (χ1v) is 6.17. The van der Waals surface area contributed by atoms with Crippen LogP contribution in [-0.4, -0.2) is 32.1 Å². The molecule has 0 bridgehead atoms. The molecule has 2 N–H and O–H groups in total. The third-order valence-electron chi connectivity index (χ3n) is 2.88. The Morgan fingerprint density at radius 3 is 2.39 bits per heavy atom. The SMILES string of the molecule is CNC(=O)C(C)NC(C)Cc1ccc(OC)cc1. The van der Waals surface area contributed by atoms with Gasteiger partial charge in [0.2, 0.25) is 5.91 Å². The van der Waals surface area contributed by atoms with Crippen molar-refractivity contribution in [3.8, 4) is 5.75 Å². The normalized spacial score (nSPS) is 13.8. The highest BCUT2D eigenvalue weighted by molar-refractivity contribution is 5.80. The topological polar surface area (TPSA) is 50.4 Å². The van der Waals surface area contributed by atoms with Gasteiger partial charge in [0.1, 0.15) is 5.75 Å². The van der Waals surface area contributed by atoms with Gasteiger partial charge in [0.05, 0.1) is 13.2 Å². The van der Waals surface area contributed by atoms with E-state index in [0.29, 0.717) is 0 Å². The second kappa shape index (κ2) is 7.01. The van der Waals surface area contributed by atoms with Crippen LogP contribution in [-0.2, 0) is 11.2 Å². The first kappa shape index (κ1) is 14.5. The molecule has 0 aromatic heterocycles. The maximum Gasteiger partial charge on any atom is 0.236 e. The van der Waals surface area contributed by atoms with Crippen LogP contribution in [0.3, 0.4) is 0 Å². The van der Waals surface area contributed by atoms with Gasteiger partial charge >= 0.3 is 0 Å². The number of likely N-dealkylation sites (N-methyl/N-ethyl adjacent to an activating group) is 1. The van der Waals surface area contributed by atoms with Crippen molar-refractivity contribution in [1.82, 2.24) is 10.6 Å². The largest absolute Gasteiger partial charge is 0.497 e. The van der Waals surface area contributed by atoms with E-state index in [1.54, 1.807) is 14.2 Å². The van der Waals surface area contributed by atoms with Crippen LogP contribution in [0.15, 0.2) is 24.3 Å². The molecule has 0 radical (unpaired) electrons. The highest BCUT2D eigenvalue weighted by atomic mass is 16.5. The van der Waals surface area contributed by atoms with Gasteiger partial charge in [0, 0.05) is 13.1 Å². The Bertz CT molecular complexity index is 376. The minimum absolute atomic E-state index is 0.0107. The third-order valence-corrected chi connectivity index (χ3v) is 2.88. The van der Waals surface area contributed by atoms with Crippen molar-refractivity contribution in [3.63, 3.8) is 0 Å². The number of benzene rings is 1. The van der Waals surface area contributed by atoms with Crippen molar-refractivity contribution in [3.05, 3.63) is 29.8 Å². The Morgan fingerprint density at radius 2 is 1.89 bits per heavy atom. The Labute approximate surface area is 109 Å². The maximum absolute atomic E-state index is 11.4. The van der Waals surface area contributed by atoms with Crippen molar-refractivity contribution in [1.29, 1.82) is 0 Å². The lowest BCUT2D eigenvalue weighted by Gasteiger charge is -2.19. The van der Waals surface area contributed by atoms with Gasteiger partial charge in [-0.3, -0.25) is 4.79 Å². The lowest BCUT2D eigenvalue weighted by atomic mass is 10.1. The van der Waals surface area contributed by atoms with E-state index >= 15 is 0 Å². The number of hydrogen-bond acceptors (Lipinski definition) is 3. The molecule has 1 amide bonds. The van der Waals surface area contributed by atoms with Crippen LogP contribution in [0, 0.1) is 0 Å². The minimum atomic E-state index is -0.178. The number of nitrogens with one attached hydrogen (secondary N) is 2. The molecule has 1 rings (SSSR count). The second-order valence-corrected chi connectivity index (χ2v) is 4.46. The summed E-state index contributed by atoms with van der Waals surface area (Å²) in [6.07, 6.45) is 0.880. The molecular formula is C14H22N2O2. The van der Waals surface area contributed by atoms with Crippen molar-refractivity contribution in [2.45, 2.75) is 32.4 Å². The maximum atomic E-state index is 11.4. The van der Waals surface area contributed by atoms with Crippen LogP contribution in [0.4, 0.5) is 0 Å². The quantitative estimate of drug-likeness (QED) is 0.801. The first-order chi connectivity index (χ1) is 8.56. The summed E-state index contributed by atoms with van der Waals surface area (Å²) in [6, 6.07) is 8.05. The number of carbonyl (C=O) groups is 1. The van der Waals surface area contributed by atoms with E-state index in [4.69, 9.17) is 4.74 Å². The molecule has 0 fully saturated rings. The summed E-state index contributed by atoms with van der Waals surface area (Å²) in [6.45, 7) is 3.94. The first-order valence-electron chi connectivity index (χ1n) is 6.17. The molecule has 100 valence electrons. The molecule has 0 heterocycles. The van der Waals surface area contributed by atoms with Crippen LogP contribution in [0.5, 0.6) is 5.75 Å². The van der Waals surface area contributed by atoms with E-state index in [0.717, 1.165) is 12.2 Å². The lowest BCUT2D eigenvalue weighted by Crippen LogP contribution is -2.45. The second-order valence-electron chi connectivity index (χ2n) is 4.46. The third kappa shape index (κ3) is 4.37. The van der Waals surface area contributed by atoms with Gasteiger partial charge in [0.25, 0.3) is 0 Å². The number of methoxy groups -OCH3 is 1. The average molecular weight is 250 g/mol. The molecule has 0 aliphatic heterocycles. The highest BCUT2D eigenvalue weighted by Crippen LogP contribution is 2.12. The smallest absolute Gasteiger partial charge is 0.236 e. The molecule has 0 aliphatic carbocycles. The zero-order valence-electron chi connectivity index (χ0n) is 11.5. The molecule has 18 heavy (non-hydrogen) atoms. The monoisotopic (exact) mass is 250 g/mol. The van der Waals surface area contributed by atoms with E-state index in [-0.39, 0.29) is 18.0 Å². The Balaban J connectivity index is 2.48. The molecule has 0 aliphatic rings. The molecule has 0 spiro atoms.